The lowest BCUT2D eigenvalue weighted by atomic mass is 10.1. The van der Waals surface area contributed by atoms with Gasteiger partial charge < -0.3 is 19.7 Å². The third-order valence-corrected chi connectivity index (χ3v) is 6.25. The van der Waals surface area contributed by atoms with Gasteiger partial charge >= 0.3 is 5.97 Å². The maximum atomic E-state index is 12.8. The predicted molar refractivity (Wildman–Crippen MR) is 137 cm³/mol. The van der Waals surface area contributed by atoms with Gasteiger partial charge in [-0.05, 0) is 42.5 Å². The van der Waals surface area contributed by atoms with Crippen molar-refractivity contribution in [3.05, 3.63) is 88.4 Å². The standard InChI is InChI=1S/C27H23BrN2O6/c1-35-23-7-3-5-21(14-23)29-26(33)18-4-2-6-22(12-18)30-15-19(13-25(30)32)27(34)36-16-24(31)17-8-10-20(28)11-9-17/h2-12,14,19H,13,15-16H2,1H3,(H,29,33)/t19-/m1/s1. The highest BCUT2D eigenvalue weighted by molar-refractivity contribution is 9.10. The average molecular weight is 551 g/mol. The highest BCUT2D eigenvalue weighted by Gasteiger charge is 2.36. The number of nitrogens with zero attached hydrogens (tertiary/aromatic N) is 1. The second kappa shape index (κ2) is 11.2. The van der Waals surface area contributed by atoms with Crippen molar-refractivity contribution in [1.82, 2.24) is 0 Å². The highest BCUT2D eigenvalue weighted by atomic mass is 79.9. The number of carbonyl (C=O) groups excluding carboxylic acids is 4. The molecule has 1 aliphatic heterocycles. The van der Waals surface area contributed by atoms with Gasteiger partial charge in [0.15, 0.2) is 12.4 Å². The van der Waals surface area contributed by atoms with Crippen LogP contribution in [-0.2, 0) is 14.3 Å². The first-order valence-electron chi connectivity index (χ1n) is 11.2. The normalized spacial score (nSPS) is 14.9. The van der Waals surface area contributed by atoms with Crippen LogP contribution in [0.5, 0.6) is 5.75 Å². The van der Waals surface area contributed by atoms with E-state index in [0.717, 1.165) is 4.47 Å². The molecule has 36 heavy (non-hydrogen) atoms. The van der Waals surface area contributed by atoms with E-state index >= 15 is 0 Å². The van der Waals surface area contributed by atoms with E-state index in [1.54, 1.807) is 79.9 Å². The largest absolute Gasteiger partial charge is 0.497 e. The lowest BCUT2D eigenvalue weighted by Gasteiger charge is -2.17. The fourth-order valence-electron chi connectivity index (χ4n) is 3.81. The smallest absolute Gasteiger partial charge is 0.311 e. The van der Waals surface area contributed by atoms with Gasteiger partial charge in [-0.3, -0.25) is 19.2 Å². The highest BCUT2D eigenvalue weighted by Crippen LogP contribution is 2.27. The number of amides is 2. The molecule has 1 saturated heterocycles. The van der Waals surface area contributed by atoms with Crippen LogP contribution in [0.15, 0.2) is 77.3 Å². The van der Waals surface area contributed by atoms with Crippen LogP contribution in [0.2, 0.25) is 0 Å². The summed E-state index contributed by atoms with van der Waals surface area (Å²) in [6.07, 6.45) is -0.0362. The van der Waals surface area contributed by atoms with Crippen molar-refractivity contribution in [3.63, 3.8) is 0 Å². The zero-order valence-corrected chi connectivity index (χ0v) is 21.0. The summed E-state index contributed by atoms with van der Waals surface area (Å²) in [6.45, 7) is -0.295. The molecule has 9 heteroatoms. The van der Waals surface area contributed by atoms with E-state index in [0.29, 0.717) is 28.3 Å². The molecule has 1 N–H and O–H groups in total. The quantitative estimate of drug-likeness (QED) is 0.327. The van der Waals surface area contributed by atoms with Gasteiger partial charge in [-0.2, -0.15) is 0 Å². The Labute approximate surface area is 216 Å². The molecule has 2 amide bonds. The van der Waals surface area contributed by atoms with Crippen LogP contribution in [-0.4, -0.2) is 43.8 Å². The van der Waals surface area contributed by atoms with Crippen molar-refractivity contribution in [3.8, 4) is 5.75 Å². The van der Waals surface area contributed by atoms with E-state index in [4.69, 9.17) is 9.47 Å². The molecule has 1 atom stereocenters. The summed E-state index contributed by atoms with van der Waals surface area (Å²) in [7, 11) is 1.54. The molecule has 184 valence electrons. The minimum absolute atomic E-state index is 0.0362. The summed E-state index contributed by atoms with van der Waals surface area (Å²) in [5.41, 5.74) is 1.86. The van der Waals surface area contributed by atoms with Crippen LogP contribution in [0, 0.1) is 5.92 Å². The Balaban J connectivity index is 1.37. The zero-order valence-electron chi connectivity index (χ0n) is 19.4. The third kappa shape index (κ3) is 5.98. The third-order valence-electron chi connectivity index (χ3n) is 5.72. The van der Waals surface area contributed by atoms with Crippen LogP contribution >= 0.6 is 15.9 Å². The van der Waals surface area contributed by atoms with Crippen molar-refractivity contribution < 1.29 is 28.7 Å². The number of benzene rings is 3. The van der Waals surface area contributed by atoms with Gasteiger partial charge in [0.25, 0.3) is 5.91 Å². The van der Waals surface area contributed by atoms with E-state index in [2.05, 4.69) is 21.2 Å². The van der Waals surface area contributed by atoms with Gasteiger partial charge in [-0.25, -0.2) is 0 Å². The predicted octanol–water partition coefficient (Wildman–Crippen LogP) is 4.49. The fourth-order valence-corrected chi connectivity index (χ4v) is 4.07. The number of esters is 1. The number of Topliss-reactive ketones (excluding diaryl/α,β-unsaturated/α-hetero) is 1. The molecule has 0 aliphatic carbocycles. The lowest BCUT2D eigenvalue weighted by molar-refractivity contribution is -0.147. The van der Waals surface area contributed by atoms with Crippen LogP contribution in [0.4, 0.5) is 11.4 Å². The van der Waals surface area contributed by atoms with Crippen molar-refractivity contribution in [2.45, 2.75) is 6.42 Å². The SMILES string of the molecule is COc1cccc(NC(=O)c2cccc(N3C[C@H](C(=O)OCC(=O)c4ccc(Br)cc4)CC3=O)c2)c1. The number of carbonyl (C=O) groups is 4. The second-order valence-corrected chi connectivity index (χ2v) is 9.10. The summed E-state index contributed by atoms with van der Waals surface area (Å²) < 4.78 is 11.2. The van der Waals surface area contributed by atoms with Crippen molar-refractivity contribution in [2.24, 2.45) is 5.92 Å². The Bertz CT molecular complexity index is 1310. The molecule has 1 heterocycles. The molecule has 0 radical (unpaired) electrons. The summed E-state index contributed by atoms with van der Waals surface area (Å²) in [4.78, 5) is 51.7. The first-order chi connectivity index (χ1) is 17.3. The summed E-state index contributed by atoms with van der Waals surface area (Å²) in [5, 5.41) is 2.80. The summed E-state index contributed by atoms with van der Waals surface area (Å²) in [5.74, 6) is -1.64. The molecule has 3 aromatic rings. The maximum absolute atomic E-state index is 12.8. The van der Waals surface area contributed by atoms with Crippen LogP contribution in [0.3, 0.4) is 0 Å². The van der Waals surface area contributed by atoms with Gasteiger partial charge in [-0.15, -0.1) is 0 Å². The number of ketones is 1. The van der Waals surface area contributed by atoms with Crippen molar-refractivity contribution in [1.29, 1.82) is 0 Å². The van der Waals surface area contributed by atoms with Crippen molar-refractivity contribution in [2.75, 3.05) is 30.5 Å². The number of halogens is 1. The number of hydrogen-bond acceptors (Lipinski definition) is 6. The van der Waals surface area contributed by atoms with E-state index in [9.17, 15) is 19.2 Å². The van der Waals surface area contributed by atoms with Crippen molar-refractivity contribution >= 4 is 50.9 Å². The van der Waals surface area contributed by atoms with E-state index in [1.807, 2.05) is 0 Å². The summed E-state index contributed by atoms with van der Waals surface area (Å²) >= 11 is 3.30. The minimum atomic E-state index is -0.704. The Morgan fingerprint density at radius 2 is 1.75 bits per heavy atom. The monoisotopic (exact) mass is 550 g/mol. The Morgan fingerprint density at radius 3 is 2.50 bits per heavy atom. The minimum Gasteiger partial charge on any atom is -0.497 e. The van der Waals surface area contributed by atoms with Gasteiger partial charge in [0.1, 0.15) is 5.75 Å². The van der Waals surface area contributed by atoms with Gasteiger partial charge in [0.2, 0.25) is 5.91 Å². The fraction of sp³-hybridized carbons (Fsp3) is 0.185. The Hall–Kier alpha value is -3.98. The van der Waals surface area contributed by atoms with E-state index in [-0.39, 0.29) is 30.6 Å². The molecule has 0 spiro atoms. The van der Waals surface area contributed by atoms with Crippen LogP contribution < -0.4 is 15.0 Å². The van der Waals surface area contributed by atoms with Gasteiger partial charge in [0, 0.05) is 46.0 Å². The molecule has 4 rings (SSSR count). The molecule has 3 aromatic carbocycles. The second-order valence-electron chi connectivity index (χ2n) is 8.18. The van der Waals surface area contributed by atoms with Crippen LogP contribution in [0.1, 0.15) is 27.1 Å². The zero-order chi connectivity index (χ0) is 25.7. The molecule has 1 fully saturated rings. The Morgan fingerprint density at radius 1 is 1.00 bits per heavy atom. The number of hydrogen-bond donors (Lipinski definition) is 1. The number of ether oxygens (including phenoxy) is 2. The molecular formula is C27H23BrN2O6. The average Bonchev–Trinajstić information content (AvgIpc) is 3.29. The van der Waals surface area contributed by atoms with Crippen LogP contribution in [0.25, 0.3) is 0 Å². The number of rotatable bonds is 8. The van der Waals surface area contributed by atoms with Gasteiger partial charge in [-0.1, -0.05) is 40.2 Å². The summed E-state index contributed by atoms with van der Waals surface area (Å²) in [6, 6.07) is 20.3. The molecule has 0 unspecified atom stereocenters. The molecule has 1 aliphatic rings. The molecule has 0 aromatic heterocycles. The molecule has 0 saturated carbocycles. The first kappa shape index (κ1) is 25.1. The van der Waals surface area contributed by atoms with E-state index in [1.165, 1.54) is 4.90 Å². The first-order valence-corrected chi connectivity index (χ1v) is 11.9. The molecular weight excluding hydrogens is 528 g/mol. The number of nitrogens with one attached hydrogen (secondary N) is 1. The van der Waals surface area contributed by atoms with Gasteiger partial charge in [0.05, 0.1) is 13.0 Å². The molecule has 0 bridgehead atoms. The van der Waals surface area contributed by atoms with E-state index < -0.39 is 18.5 Å². The number of methoxy groups -OCH3 is 1. The topological polar surface area (TPSA) is 102 Å². The number of anilines is 2. The Kier molecular flexibility index (Phi) is 7.80. The maximum Gasteiger partial charge on any atom is 0.311 e. The molecule has 8 nitrogen and oxygen atoms in total. The lowest BCUT2D eigenvalue weighted by Crippen LogP contribution is -2.27.